The van der Waals surface area contributed by atoms with Crippen molar-refractivity contribution < 1.29 is 4.84 Å². The summed E-state index contributed by atoms with van der Waals surface area (Å²) in [5.41, 5.74) is 1.90. The van der Waals surface area contributed by atoms with E-state index in [1.165, 1.54) is 7.11 Å². The van der Waals surface area contributed by atoms with Crippen molar-refractivity contribution in [2.45, 2.75) is 6.92 Å². The fourth-order valence-electron chi connectivity index (χ4n) is 0.966. The molecule has 0 aliphatic heterocycles. The molecule has 1 aromatic heterocycles. The Morgan fingerprint density at radius 1 is 1.69 bits per heavy atom. The second-order valence-electron chi connectivity index (χ2n) is 2.39. The van der Waals surface area contributed by atoms with E-state index in [4.69, 9.17) is 5.26 Å². The zero-order valence-electron chi connectivity index (χ0n) is 7.48. The number of nitriles is 1. The van der Waals surface area contributed by atoms with E-state index in [1.54, 1.807) is 25.4 Å². The molecule has 0 fully saturated rings. The summed E-state index contributed by atoms with van der Waals surface area (Å²) in [4.78, 5) is 8.52. The first kappa shape index (κ1) is 9.20. The molecule has 0 saturated heterocycles. The second-order valence-corrected chi connectivity index (χ2v) is 2.39. The third kappa shape index (κ3) is 2.03. The van der Waals surface area contributed by atoms with Crippen LogP contribution in [0.3, 0.4) is 0 Å². The molecule has 1 aromatic rings. The smallest absolute Gasteiger partial charge is 0.106 e. The van der Waals surface area contributed by atoms with Gasteiger partial charge in [0.15, 0.2) is 0 Å². The Morgan fingerprint density at radius 3 is 3.08 bits per heavy atom. The maximum Gasteiger partial charge on any atom is 0.106 e. The number of aromatic nitrogens is 1. The predicted molar refractivity (Wildman–Crippen MR) is 48.2 cm³/mol. The summed E-state index contributed by atoms with van der Waals surface area (Å²) < 4.78 is 0. The Labute approximate surface area is 76.5 Å². The van der Waals surface area contributed by atoms with Crippen LogP contribution in [0.25, 0.3) is 0 Å². The second kappa shape index (κ2) is 4.21. The lowest BCUT2D eigenvalue weighted by Gasteiger charge is -2.00. The van der Waals surface area contributed by atoms with Crippen LogP contribution in [0.5, 0.6) is 0 Å². The molecule has 0 unspecified atom stereocenters. The van der Waals surface area contributed by atoms with Gasteiger partial charge in [0.2, 0.25) is 0 Å². The van der Waals surface area contributed by atoms with Gasteiger partial charge in [0, 0.05) is 18.0 Å². The van der Waals surface area contributed by atoms with Gasteiger partial charge in [-0.2, -0.15) is 5.26 Å². The van der Waals surface area contributed by atoms with Crippen LogP contribution in [0.15, 0.2) is 23.6 Å². The van der Waals surface area contributed by atoms with Crippen molar-refractivity contribution in [1.29, 1.82) is 5.26 Å². The molecular formula is C9H9N3O. The minimum absolute atomic E-state index is 0.549. The fourth-order valence-corrected chi connectivity index (χ4v) is 0.966. The van der Waals surface area contributed by atoms with Crippen molar-refractivity contribution in [1.82, 2.24) is 4.98 Å². The van der Waals surface area contributed by atoms with Crippen molar-refractivity contribution in [3.63, 3.8) is 0 Å². The molecule has 0 bridgehead atoms. The van der Waals surface area contributed by atoms with Gasteiger partial charge in [-0.3, -0.25) is 4.98 Å². The van der Waals surface area contributed by atoms with Gasteiger partial charge in [-0.1, -0.05) is 5.16 Å². The van der Waals surface area contributed by atoms with E-state index < -0.39 is 0 Å². The van der Waals surface area contributed by atoms with Crippen molar-refractivity contribution >= 4 is 5.71 Å². The normalized spacial score (nSPS) is 10.7. The van der Waals surface area contributed by atoms with Crippen molar-refractivity contribution in [3.8, 4) is 6.07 Å². The summed E-state index contributed by atoms with van der Waals surface area (Å²) in [6.45, 7) is 1.77. The molecule has 0 aliphatic rings. The van der Waals surface area contributed by atoms with Crippen LogP contribution < -0.4 is 0 Å². The van der Waals surface area contributed by atoms with E-state index in [0.29, 0.717) is 16.8 Å². The molecule has 0 N–H and O–H groups in total. The highest BCUT2D eigenvalue weighted by molar-refractivity contribution is 6.00. The summed E-state index contributed by atoms with van der Waals surface area (Å²) in [6, 6.07) is 3.70. The Balaban J connectivity index is 3.15. The average Bonchev–Trinajstić information content (AvgIpc) is 2.18. The number of nitrogens with zero attached hydrogens (tertiary/aromatic N) is 3. The lowest BCUT2D eigenvalue weighted by atomic mass is 10.1. The van der Waals surface area contributed by atoms with Gasteiger partial charge >= 0.3 is 0 Å². The molecule has 0 radical (unpaired) electrons. The van der Waals surface area contributed by atoms with Crippen LogP contribution in [0, 0.1) is 11.3 Å². The Hall–Kier alpha value is -1.89. The SMILES string of the molecule is CON=C(C)c1cnccc1C#N. The third-order valence-corrected chi connectivity index (χ3v) is 1.56. The van der Waals surface area contributed by atoms with Crippen molar-refractivity contribution in [3.05, 3.63) is 29.6 Å². The summed E-state index contributed by atoms with van der Waals surface area (Å²) in [6.07, 6.45) is 3.17. The van der Waals surface area contributed by atoms with Gasteiger partial charge in [0.25, 0.3) is 0 Å². The Morgan fingerprint density at radius 2 is 2.46 bits per heavy atom. The minimum atomic E-state index is 0.549. The molecule has 13 heavy (non-hydrogen) atoms. The summed E-state index contributed by atoms with van der Waals surface area (Å²) in [7, 11) is 1.46. The molecular weight excluding hydrogens is 166 g/mol. The van der Waals surface area contributed by atoms with Gasteiger partial charge < -0.3 is 4.84 Å². The van der Waals surface area contributed by atoms with E-state index in [9.17, 15) is 0 Å². The highest BCUT2D eigenvalue weighted by Crippen LogP contribution is 2.06. The molecule has 4 heteroatoms. The number of oxime groups is 1. The Kier molecular flexibility index (Phi) is 2.98. The number of rotatable bonds is 2. The van der Waals surface area contributed by atoms with Gasteiger partial charge in [0.1, 0.15) is 7.11 Å². The van der Waals surface area contributed by atoms with E-state index in [1.807, 2.05) is 0 Å². The molecule has 66 valence electrons. The highest BCUT2D eigenvalue weighted by Gasteiger charge is 2.04. The van der Waals surface area contributed by atoms with Crippen LogP contribution in [-0.2, 0) is 4.84 Å². The first-order valence-electron chi connectivity index (χ1n) is 3.72. The number of hydrogen-bond acceptors (Lipinski definition) is 4. The van der Waals surface area contributed by atoms with Gasteiger partial charge in [-0.15, -0.1) is 0 Å². The van der Waals surface area contributed by atoms with E-state index in [0.717, 1.165) is 0 Å². The lowest BCUT2D eigenvalue weighted by Crippen LogP contribution is -1.99. The third-order valence-electron chi connectivity index (χ3n) is 1.56. The van der Waals surface area contributed by atoms with Crippen LogP contribution in [0.2, 0.25) is 0 Å². The number of pyridine rings is 1. The standard InChI is InChI=1S/C9H9N3O/c1-7(12-13-2)9-6-11-4-3-8(9)5-10/h3-4,6H,1-2H3. The quantitative estimate of drug-likeness (QED) is 0.503. The monoisotopic (exact) mass is 175 g/mol. The largest absolute Gasteiger partial charge is 0.399 e. The molecule has 0 spiro atoms. The molecule has 0 amide bonds. The topological polar surface area (TPSA) is 58.3 Å². The van der Waals surface area contributed by atoms with Gasteiger partial charge in [-0.25, -0.2) is 0 Å². The van der Waals surface area contributed by atoms with Crippen LogP contribution in [-0.4, -0.2) is 17.8 Å². The lowest BCUT2D eigenvalue weighted by molar-refractivity contribution is 0.213. The molecule has 0 atom stereocenters. The first-order valence-corrected chi connectivity index (χ1v) is 3.72. The van der Waals surface area contributed by atoms with Crippen LogP contribution >= 0.6 is 0 Å². The average molecular weight is 175 g/mol. The summed E-state index contributed by atoms with van der Waals surface area (Å²) >= 11 is 0. The summed E-state index contributed by atoms with van der Waals surface area (Å²) in [5, 5.41) is 12.5. The molecule has 1 rings (SSSR count). The fraction of sp³-hybridized carbons (Fsp3) is 0.222. The zero-order valence-corrected chi connectivity index (χ0v) is 7.48. The van der Waals surface area contributed by atoms with Gasteiger partial charge in [0.05, 0.1) is 17.3 Å². The van der Waals surface area contributed by atoms with Crippen LogP contribution in [0.4, 0.5) is 0 Å². The van der Waals surface area contributed by atoms with Gasteiger partial charge in [-0.05, 0) is 13.0 Å². The van der Waals surface area contributed by atoms with Crippen LogP contribution in [0.1, 0.15) is 18.1 Å². The molecule has 0 saturated carbocycles. The van der Waals surface area contributed by atoms with Crippen molar-refractivity contribution in [2.75, 3.05) is 7.11 Å². The number of hydrogen-bond donors (Lipinski definition) is 0. The summed E-state index contributed by atoms with van der Waals surface area (Å²) in [5.74, 6) is 0. The van der Waals surface area contributed by atoms with E-state index in [2.05, 4.69) is 21.0 Å². The molecule has 0 aromatic carbocycles. The molecule has 1 heterocycles. The van der Waals surface area contributed by atoms with E-state index in [-0.39, 0.29) is 0 Å². The predicted octanol–water partition coefficient (Wildman–Crippen LogP) is 1.32. The van der Waals surface area contributed by atoms with Crippen molar-refractivity contribution in [2.24, 2.45) is 5.16 Å². The molecule has 0 aliphatic carbocycles. The Bertz CT molecular complexity index is 365. The molecule has 4 nitrogen and oxygen atoms in total. The van der Waals surface area contributed by atoms with E-state index >= 15 is 0 Å². The maximum atomic E-state index is 8.76. The zero-order chi connectivity index (χ0) is 9.68. The highest BCUT2D eigenvalue weighted by atomic mass is 16.6. The maximum absolute atomic E-state index is 8.76. The first-order chi connectivity index (χ1) is 6.29. The minimum Gasteiger partial charge on any atom is -0.399 e.